The maximum absolute atomic E-state index is 10.2. The molecule has 0 saturated heterocycles. The van der Waals surface area contributed by atoms with E-state index < -0.39 is 5.97 Å². The number of carboxylic acid groups (broad SMARTS) is 1. The number of aliphatic carboxylic acids is 1. The van der Waals surface area contributed by atoms with Crippen molar-refractivity contribution in [3.8, 4) is 5.75 Å². The van der Waals surface area contributed by atoms with Crippen LogP contribution >= 0.6 is 0 Å². The lowest BCUT2D eigenvalue weighted by Gasteiger charge is -2.03. The number of oxime groups is 1. The maximum atomic E-state index is 10.2. The zero-order valence-electron chi connectivity index (χ0n) is 8.17. The van der Waals surface area contributed by atoms with Crippen LogP contribution in [-0.4, -0.2) is 28.6 Å². The first-order chi connectivity index (χ1) is 7.13. The Bertz CT molecular complexity index is 370. The SMILES string of the molecule is C/C(=N\O)c1ccc(OCC(=O)O)cc1. The number of hydrogen-bond donors (Lipinski definition) is 2. The molecule has 1 aromatic carbocycles. The molecular formula is C10H11NO4. The fraction of sp³-hybridized carbons (Fsp3) is 0.200. The van der Waals surface area contributed by atoms with Crippen LogP contribution < -0.4 is 4.74 Å². The standard InChI is InChI=1S/C10H11NO4/c1-7(11-14)8-2-4-9(5-3-8)15-6-10(12)13/h2-5,14H,6H2,1H3,(H,12,13)/b11-7+. The molecule has 5 nitrogen and oxygen atoms in total. The molecule has 0 aliphatic heterocycles. The van der Waals surface area contributed by atoms with Gasteiger partial charge in [0.15, 0.2) is 6.61 Å². The summed E-state index contributed by atoms with van der Waals surface area (Å²) >= 11 is 0. The first-order valence-corrected chi connectivity index (χ1v) is 4.27. The summed E-state index contributed by atoms with van der Waals surface area (Å²) in [4.78, 5) is 10.2. The average Bonchev–Trinajstić information content (AvgIpc) is 2.26. The summed E-state index contributed by atoms with van der Waals surface area (Å²) in [5.41, 5.74) is 1.24. The third kappa shape index (κ3) is 3.30. The maximum Gasteiger partial charge on any atom is 0.341 e. The van der Waals surface area contributed by atoms with Crippen LogP contribution in [0, 0.1) is 0 Å². The normalized spacial score (nSPS) is 11.1. The monoisotopic (exact) mass is 209 g/mol. The molecule has 80 valence electrons. The zero-order valence-corrected chi connectivity index (χ0v) is 8.17. The van der Waals surface area contributed by atoms with Crippen molar-refractivity contribution in [2.24, 2.45) is 5.16 Å². The predicted octanol–water partition coefficient (Wildman–Crippen LogP) is 1.35. The van der Waals surface area contributed by atoms with Gasteiger partial charge in [-0.05, 0) is 36.8 Å². The highest BCUT2D eigenvalue weighted by Gasteiger charge is 2.01. The highest BCUT2D eigenvalue weighted by atomic mass is 16.5. The topological polar surface area (TPSA) is 79.1 Å². The molecule has 0 aromatic heterocycles. The van der Waals surface area contributed by atoms with E-state index in [4.69, 9.17) is 15.1 Å². The summed E-state index contributed by atoms with van der Waals surface area (Å²) in [7, 11) is 0. The Morgan fingerprint density at radius 3 is 2.47 bits per heavy atom. The highest BCUT2D eigenvalue weighted by molar-refractivity contribution is 5.98. The summed E-state index contributed by atoms with van der Waals surface area (Å²) in [5, 5.41) is 19.9. The van der Waals surface area contributed by atoms with Crippen molar-refractivity contribution in [2.75, 3.05) is 6.61 Å². The minimum atomic E-state index is -1.02. The Hall–Kier alpha value is -2.04. The second kappa shape index (κ2) is 4.99. The molecule has 0 aliphatic rings. The van der Waals surface area contributed by atoms with Crippen molar-refractivity contribution >= 4 is 11.7 Å². The van der Waals surface area contributed by atoms with Gasteiger partial charge in [-0.25, -0.2) is 4.79 Å². The van der Waals surface area contributed by atoms with Gasteiger partial charge in [0.1, 0.15) is 5.75 Å². The Morgan fingerprint density at radius 1 is 1.40 bits per heavy atom. The minimum absolute atomic E-state index is 0.369. The highest BCUT2D eigenvalue weighted by Crippen LogP contribution is 2.12. The number of carboxylic acids is 1. The van der Waals surface area contributed by atoms with E-state index in [1.54, 1.807) is 31.2 Å². The van der Waals surface area contributed by atoms with E-state index in [0.717, 1.165) is 5.56 Å². The van der Waals surface area contributed by atoms with Crippen LogP contribution in [0.3, 0.4) is 0 Å². The number of nitrogens with zero attached hydrogens (tertiary/aromatic N) is 1. The van der Waals surface area contributed by atoms with Gasteiger partial charge in [0.25, 0.3) is 0 Å². The molecule has 0 aliphatic carbocycles. The second-order valence-electron chi connectivity index (χ2n) is 2.89. The number of hydrogen-bond acceptors (Lipinski definition) is 4. The molecule has 0 fully saturated rings. The Morgan fingerprint density at radius 2 is 2.00 bits per heavy atom. The predicted molar refractivity (Wildman–Crippen MR) is 53.6 cm³/mol. The van der Waals surface area contributed by atoms with Gasteiger partial charge in [-0.3, -0.25) is 0 Å². The van der Waals surface area contributed by atoms with Crippen LogP contribution in [-0.2, 0) is 4.79 Å². The first kappa shape index (κ1) is 11.0. The van der Waals surface area contributed by atoms with E-state index >= 15 is 0 Å². The number of benzene rings is 1. The smallest absolute Gasteiger partial charge is 0.341 e. The number of ether oxygens (including phenoxy) is 1. The summed E-state index contributed by atoms with van der Waals surface area (Å²) in [5.74, 6) is -0.556. The average molecular weight is 209 g/mol. The van der Waals surface area contributed by atoms with Crippen LogP contribution in [0.4, 0.5) is 0 Å². The van der Waals surface area contributed by atoms with E-state index in [2.05, 4.69) is 5.16 Å². The summed E-state index contributed by atoms with van der Waals surface area (Å²) < 4.78 is 4.93. The molecule has 0 saturated carbocycles. The van der Waals surface area contributed by atoms with E-state index in [1.807, 2.05) is 0 Å². The van der Waals surface area contributed by atoms with Crippen molar-refractivity contribution in [3.05, 3.63) is 29.8 Å². The van der Waals surface area contributed by atoms with E-state index in [-0.39, 0.29) is 6.61 Å². The van der Waals surface area contributed by atoms with Gasteiger partial charge in [0.2, 0.25) is 0 Å². The van der Waals surface area contributed by atoms with Crippen LogP contribution in [0.5, 0.6) is 5.75 Å². The molecule has 15 heavy (non-hydrogen) atoms. The van der Waals surface area contributed by atoms with Gasteiger partial charge in [0, 0.05) is 0 Å². The summed E-state index contributed by atoms with van der Waals surface area (Å²) in [6.07, 6.45) is 0. The molecule has 0 amide bonds. The Labute approximate surface area is 86.6 Å². The largest absolute Gasteiger partial charge is 0.482 e. The molecule has 1 rings (SSSR count). The molecule has 0 heterocycles. The molecule has 5 heteroatoms. The van der Waals surface area contributed by atoms with E-state index in [1.165, 1.54) is 0 Å². The molecule has 1 aromatic rings. The van der Waals surface area contributed by atoms with Gasteiger partial charge in [-0.2, -0.15) is 0 Å². The zero-order chi connectivity index (χ0) is 11.3. The molecule has 2 N–H and O–H groups in total. The lowest BCUT2D eigenvalue weighted by molar-refractivity contribution is -0.139. The van der Waals surface area contributed by atoms with Gasteiger partial charge in [-0.1, -0.05) is 5.16 Å². The summed E-state index contributed by atoms with van der Waals surface area (Å²) in [6.45, 7) is 1.29. The molecule has 0 bridgehead atoms. The molecule has 0 atom stereocenters. The molecule has 0 radical (unpaired) electrons. The van der Waals surface area contributed by atoms with Gasteiger partial charge in [-0.15, -0.1) is 0 Å². The van der Waals surface area contributed by atoms with Crippen molar-refractivity contribution in [2.45, 2.75) is 6.92 Å². The van der Waals surface area contributed by atoms with E-state index in [0.29, 0.717) is 11.5 Å². The van der Waals surface area contributed by atoms with E-state index in [9.17, 15) is 4.79 Å². The van der Waals surface area contributed by atoms with Gasteiger partial charge < -0.3 is 15.1 Å². The quantitative estimate of drug-likeness (QED) is 0.445. The molecular weight excluding hydrogens is 198 g/mol. The lowest BCUT2D eigenvalue weighted by Crippen LogP contribution is -2.09. The van der Waals surface area contributed by atoms with Crippen molar-refractivity contribution in [1.82, 2.24) is 0 Å². The Kier molecular flexibility index (Phi) is 3.68. The molecule has 0 unspecified atom stereocenters. The number of rotatable bonds is 4. The molecule has 0 spiro atoms. The van der Waals surface area contributed by atoms with Gasteiger partial charge in [0.05, 0.1) is 5.71 Å². The Balaban J connectivity index is 2.68. The lowest BCUT2D eigenvalue weighted by atomic mass is 10.1. The fourth-order valence-electron chi connectivity index (χ4n) is 0.995. The van der Waals surface area contributed by atoms with Crippen LogP contribution in [0.25, 0.3) is 0 Å². The number of carbonyl (C=O) groups is 1. The van der Waals surface area contributed by atoms with Gasteiger partial charge >= 0.3 is 5.97 Å². The van der Waals surface area contributed by atoms with Crippen molar-refractivity contribution in [1.29, 1.82) is 0 Å². The second-order valence-corrected chi connectivity index (χ2v) is 2.89. The summed E-state index contributed by atoms with van der Waals surface area (Å²) in [6, 6.07) is 6.61. The van der Waals surface area contributed by atoms with Crippen LogP contribution in [0.15, 0.2) is 29.4 Å². The van der Waals surface area contributed by atoms with Crippen LogP contribution in [0.2, 0.25) is 0 Å². The third-order valence-corrected chi connectivity index (χ3v) is 1.78. The van der Waals surface area contributed by atoms with Crippen LogP contribution in [0.1, 0.15) is 12.5 Å². The fourth-order valence-corrected chi connectivity index (χ4v) is 0.995. The third-order valence-electron chi connectivity index (χ3n) is 1.78. The minimum Gasteiger partial charge on any atom is -0.482 e. The van der Waals surface area contributed by atoms with Crippen molar-refractivity contribution < 1.29 is 19.8 Å². The van der Waals surface area contributed by atoms with Crippen molar-refractivity contribution in [3.63, 3.8) is 0 Å². The first-order valence-electron chi connectivity index (χ1n) is 4.27.